The van der Waals surface area contributed by atoms with E-state index in [2.05, 4.69) is 107 Å². The Bertz CT molecular complexity index is 1640. The first-order chi connectivity index (χ1) is 16.4. The smallest absolute Gasteiger partial charge is 0.0931 e. The van der Waals surface area contributed by atoms with Gasteiger partial charge in [0.1, 0.15) is 0 Å². The molecule has 1 N–H and O–H groups in total. The number of hydrogen-bond donors (Lipinski definition) is 1. The molecule has 0 bridgehead atoms. The quantitative estimate of drug-likeness (QED) is 0.264. The minimum Gasteiger partial charge on any atom is -0.345 e. The molecule has 0 spiro atoms. The van der Waals surface area contributed by atoms with Crippen LogP contribution in [0.1, 0.15) is 0 Å². The summed E-state index contributed by atoms with van der Waals surface area (Å²) in [6.07, 6.45) is 1.70. The molecule has 6 aromatic carbocycles. The summed E-state index contributed by atoms with van der Waals surface area (Å²) in [4.78, 5) is 7.07. The number of H-pyrrole nitrogens is 1. The Morgan fingerprint density at radius 2 is 1.09 bits per heavy atom. The third-order valence-corrected chi connectivity index (χ3v) is 6.14. The van der Waals surface area contributed by atoms with E-state index < -0.39 is 0 Å². The van der Waals surface area contributed by atoms with E-state index >= 15 is 0 Å². The molecule has 0 aliphatic carbocycles. The van der Waals surface area contributed by atoms with Crippen LogP contribution in [-0.2, 0) is 0 Å². The predicted octanol–water partition coefficient (Wildman–Crippen LogP) is 8.38. The van der Waals surface area contributed by atoms with E-state index in [9.17, 15) is 0 Å². The Morgan fingerprint density at radius 3 is 1.82 bits per heavy atom. The number of benzene rings is 6. The SMILES string of the molecule is c1ccc2[nH]cnc2c1.c1ccc2cc(-c3c4ccccc4cc4ccccc34)ccc2c1. The van der Waals surface area contributed by atoms with Gasteiger partial charge in [-0.05, 0) is 67.7 Å². The normalized spacial score (nSPS) is 11.0. The predicted molar refractivity (Wildman–Crippen MR) is 140 cm³/mol. The van der Waals surface area contributed by atoms with Crippen LogP contribution in [0.2, 0.25) is 0 Å². The molecule has 0 saturated heterocycles. The fourth-order valence-electron chi connectivity index (χ4n) is 4.55. The molecule has 0 aliphatic heterocycles. The maximum Gasteiger partial charge on any atom is 0.0931 e. The van der Waals surface area contributed by atoms with Gasteiger partial charge < -0.3 is 4.98 Å². The number of aromatic amines is 1. The van der Waals surface area contributed by atoms with Crippen LogP contribution in [0.15, 0.2) is 128 Å². The molecule has 156 valence electrons. The van der Waals surface area contributed by atoms with Crippen LogP contribution >= 0.6 is 0 Å². The van der Waals surface area contributed by atoms with Crippen molar-refractivity contribution in [2.45, 2.75) is 0 Å². The van der Waals surface area contributed by atoms with Gasteiger partial charge in [0, 0.05) is 0 Å². The van der Waals surface area contributed by atoms with Crippen LogP contribution in [0, 0.1) is 0 Å². The van der Waals surface area contributed by atoms with Crippen molar-refractivity contribution in [2.24, 2.45) is 0 Å². The molecule has 0 unspecified atom stereocenters. The molecule has 0 aliphatic rings. The van der Waals surface area contributed by atoms with Gasteiger partial charge in [0.15, 0.2) is 0 Å². The van der Waals surface area contributed by atoms with E-state index in [0.29, 0.717) is 0 Å². The number of rotatable bonds is 1. The second kappa shape index (κ2) is 8.25. The number of nitrogens with one attached hydrogen (secondary N) is 1. The van der Waals surface area contributed by atoms with Gasteiger partial charge in [-0.2, -0.15) is 0 Å². The largest absolute Gasteiger partial charge is 0.345 e. The highest BCUT2D eigenvalue weighted by atomic mass is 14.9. The number of para-hydroxylation sites is 2. The summed E-state index contributed by atoms with van der Waals surface area (Å²) in [5, 5.41) is 7.77. The molecule has 0 atom stereocenters. The average Bonchev–Trinajstić information content (AvgIpc) is 3.36. The molecule has 0 radical (unpaired) electrons. The van der Waals surface area contributed by atoms with Crippen molar-refractivity contribution >= 4 is 43.4 Å². The Balaban J connectivity index is 0.000000192. The fraction of sp³-hybridized carbons (Fsp3) is 0. The molecule has 7 rings (SSSR count). The first-order valence-electron chi connectivity index (χ1n) is 11.1. The molecular formula is C31H22N2. The molecular weight excluding hydrogens is 400 g/mol. The second-order valence-corrected chi connectivity index (χ2v) is 8.18. The van der Waals surface area contributed by atoms with Crippen molar-refractivity contribution < 1.29 is 0 Å². The Kier molecular flexibility index (Phi) is 4.82. The van der Waals surface area contributed by atoms with E-state index in [1.807, 2.05) is 24.3 Å². The fourth-order valence-corrected chi connectivity index (χ4v) is 4.55. The van der Waals surface area contributed by atoms with E-state index in [1.165, 1.54) is 43.4 Å². The van der Waals surface area contributed by atoms with Crippen LogP contribution in [0.4, 0.5) is 0 Å². The summed E-state index contributed by atoms with van der Waals surface area (Å²) < 4.78 is 0. The first-order valence-corrected chi connectivity index (χ1v) is 11.1. The van der Waals surface area contributed by atoms with E-state index in [4.69, 9.17) is 0 Å². The van der Waals surface area contributed by atoms with Gasteiger partial charge in [0.25, 0.3) is 0 Å². The van der Waals surface area contributed by atoms with Crippen LogP contribution < -0.4 is 0 Å². The maximum atomic E-state index is 4.06. The number of fused-ring (bicyclic) bond motifs is 4. The summed E-state index contributed by atoms with van der Waals surface area (Å²) in [7, 11) is 0. The maximum absolute atomic E-state index is 4.06. The van der Waals surface area contributed by atoms with Gasteiger partial charge in [-0.15, -0.1) is 0 Å². The van der Waals surface area contributed by atoms with Crippen molar-refractivity contribution in [3.63, 3.8) is 0 Å². The highest BCUT2D eigenvalue weighted by molar-refractivity contribution is 6.13. The van der Waals surface area contributed by atoms with Crippen molar-refractivity contribution in [1.82, 2.24) is 9.97 Å². The van der Waals surface area contributed by atoms with Gasteiger partial charge in [-0.1, -0.05) is 97.1 Å². The van der Waals surface area contributed by atoms with Gasteiger partial charge >= 0.3 is 0 Å². The molecule has 2 heteroatoms. The Morgan fingerprint density at radius 1 is 0.485 bits per heavy atom. The van der Waals surface area contributed by atoms with Gasteiger partial charge in [-0.3, -0.25) is 0 Å². The summed E-state index contributed by atoms with van der Waals surface area (Å²) in [5.74, 6) is 0. The molecule has 0 saturated carbocycles. The third kappa shape index (κ3) is 3.62. The topological polar surface area (TPSA) is 28.7 Å². The lowest BCUT2D eigenvalue weighted by Crippen LogP contribution is -1.86. The molecule has 1 aromatic heterocycles. The van der Waals surface area contributed by atoms with Gasteiger partial charge in [0.05, 0.1) is 17.4 Å². The van der Waals surface area contributed by atoms with Gasteiger partial charge in [-0.25, -0.2) is 4.98 Å². The Labute approximate surface area is 192 Å². The monoisotopic (exact) mass is 422 g/mol. The van der Waals surface area contributed by atoms with Gasteiger partial charge in [0.2, 0.25) is 0 Å². The molecule has 33 heavy (non-hydrogen) atoms. The van der Waals surface area contributed by atoms with E-state index in [1.54, 1.807) is 6.33 Å². The summed E-state index contributed by atoms with van der Waals surface area (Å²) in [6, 6.07) is 42.9. The van der Waals surface area contributed by atoms with Crippen molar-refractivity contribution in [1.29, 1.82) is 0 Å². The van der Waals surface area contributed by atoms with Crippen LogP contribution in [0.5, 0.6) is 0 Å². The zero-order valence-electron chi connectivity index (χ0n) is 18.1. The molecule has 0 fully saturated rings. The zero-order chi connectivity index (χ0) is 22.0. The summed E-state index contributed by atoms with van der Waals surface area (Å²) >= 11 is 0. The number of nitrogens with zero attached hydrogens (tertiary/aromatic N) is 1. The van der Waals surface area contributed by atoms with E-state index in [-0.39, 0.29) is 0 Å². The van der Waals surface area contributed by atoms with Crippen molar-refractivity contribution in [3.8, 4) is 11.1 Å². The molecule has 1 heterocycles. The molecule has 0 amide bonds. The third-order valence-electron chi connectivity index (χ3n) is 6.14. The lowest BCUT2D eigenvalue weighted by Gasteiger charge is -2.13. The van der Waals surface area contributed by atoms with Crippen molar-refractivity contribution in [2.75, 3.05) is 0 Å². The lowest BCUT2D eigenvalue weighted by atomic mass is 9.91. The van der Waals surface area contributed by atoms with Crippen LogP contribution in [0.25, 0.3) is 54.5 Å². The first kappa shape index (κ1) is 19.3. The number of hydrogen-bond acceptors (Lipinski definition) is 1. The number of aromatic nitrogens is 2. The number of imidazole rings is 1. The zero-order valence-corrected chi connectivity index (χ0v) is 18.1. The second-order valence-electron chi connectivity index (χ2n) is 8.18. The standard InChI is InChI=1S/C24H16.C7H6N2/c1-2-8-18-15-21(14-13-17(18)7-1)24-22-11-5-3-9-19(22)16-20-10-4-6-12-23(20)24;1-2-4-7-6(3-1)8-5-9-7/h1-16H;1-5H,(H,8,9). The Hall–Kier alpha value is -4.43. The van der Waals surface area contributed by atoms with Crippen LogP contribution in [-0.4, -0.2) is 9.97 Å². The average molecular weight is 423 g/mol. The van der Waals surface area contributed by atoms with E-state index in [0.717, 1.165) is 11.0 Å². The minimum absolute atomic E-state index is 1.03. The highest BCUT2D eigenvalue weighted by Crippen LogP contribution is 2.37. The molecule has 2 nitrogen and oxygen atoms in total. The minimum atomic E-state index is 1.03. The summed E-state index contributed by atoms with van der Waals surface area (Å²) in [6.45, 7) is 0. The highest BCUT2D eigenvalue weighted by Gasteiger charge is 2.10. The molecule has 7 aromatic rings. The lowest BCUT2D eigenvalue weighted by molar-refractivity contribution is 1.34. The summed E-state index contributed by atoms with van der Waals surface area (Å²) in [5.41, 5.74) is 4.73. The van der Waals surface area contributed by atoms with Crippen molar-refractivity contribution in [3.05, 3.63) is 128 Å². The van der Waals surface area contributed by atoms with Crippen LogP contribution in [0.3, 0.4) is 0 Å².